The summed E-state index contributed by atoms with van der Waals surface area (Å²) in [4.78, 5) is 11.7. The van der Waals surface area contributed by atoms with E-state index in [2.05, 4.69) is 16.6 Å². The van der Waals surface area contributed by atoms with Gasteiger partial charge in [-0.15, -0.1) is 6.58 Å². The largest absolute Gasteiger partial charge is 0.353 e. The van der Waals surface area contributed by atoms with Gasteiger partial charge in [-0.05, 0) is 38.0 Å². The van der Waals surface area contributed by atoms with E-state index in [-0.39, 0.29) is 16.8 Å². The van der Waals surface area contributed by atoms with Gasteiger partial charge in [-0.1, -0.05) is 18.2 Å². The van der Waals surface area contributed by atoms with Crippen molar-refractivity contribution in [2.24, 2.45) is 0 Å². The van der Waals surface area contributed by atoms with E-state index in [1.807, 2.05) is 0 Å². The van der Waals surface area contributed by atoms with Crippen LogP contribution in [-0.2, 0) is 21.2 Å². The van der Waals surface area contributed by atoms with Gasteiger partial charge in [0.05, 0.1) is 4.90 Å². The molecule has 0 heterocycles. The number of hydrogen-bond acceptors (Lipinski definition) is 3. The molecule has 2 N–H and O–H groups in total. The van der Waals surface area contributed by atoms with Gasteiger partial charge in [-0.3, -0.25) is 4.79 Å². The second-order valence-electron chi connectivity index (χ2n) is 5.01. The summed E-state index contributed by atoms with van der Waals surface area (Å²) in [5, 5.41) is 2.70. The number of benzene rings is 1. The van der Waals surface area contributed by atoms with Crippen molar-refractivity contribution in [3.05, 3.63) is 42.5 Å². The average molecular weight is 310 g/mol. The predicted molar refractivity (Wildman–Crippen MR) is 83.4 cm³/mol. The minimum Gasteiger partial charge on any atom is -0.353 e. The molecule has 0 saturated carbocycles. The first-order chi connectivity index (χ1) is 9.85. The highest BCUT2D eigenvalue weighted by Crippen LogP contribution is 2.12. The summed E-state index contributed by atoms with van der Waals surface area (Å²) in [6.45, 7) is 7.52. The normalized spacial score (nSPS) is 11.4. The minimum atomic E-state index is -3.46. The molecule has 0 fully saturated rings. The molecule has 0 aliphatic carbocycles. The summed E-state index contributed by atoms with van der Waals surface area (Å²) in [5.41, 5.74) is 0.923. The molecule has 0 saturated heterocycles. The number of aryl methyl sites for hydroxylation is 1. The van der Waals surface area contributed by atoms with Crippen LogP contribution in [0, 0.1) is 0 Å². The molecule has 0 unspecified atom stereocenters. The Kier molecular flexibility index (Phi) is 6.58. The molecule has 0 bridgehead atoms. The van der Waals surface area contributed by atoms with E-state index in [9.17, 15) is 13.2 Å². The van der Waals surface area contributed by atoms with Crippen LogP contribution in [0.25, 0.3) is 0 Å². The van der Waals surface area contributed by atoms with Crippen LogP contribution in [0.2, 0.25) is 0 Å². The smallest absolute Gasteiger partial charge is 0.240 e. The van der Waals surface area contributed by atoms with Crippen LogP contribution in [0.5, 0.6) is 0 Å². The van der Waals surface area contributed by atoms with Crippen LogP contribution < -0.4 is 10.0 Å². The third-order valence-corrected chi connectivity index (χ3v) is 4.38. The van der Waals surface area contributed by atoms with Crippen LogP contribution in [0.15, 0.2) is 41.8 Å². The SMILES string of the molecule is C=CCNC(=O)CCc1ccc(S(=O)(=O)NC(C)C)cc1. The minimum absolute atomic E-state index is 0.0481. The second kappa shape index (κ2) is 7.95. The third kappa shape index (κ3) is 6.10. The Bertz CT molecular complexity index is 577. The molecule has 0 aliphatic rings. The summed E-state index contributed by atoms with van der Waals surface area (Å²) in [5.74, 6) is -0.0481. The molecule has 6 heteroatoms. The van der Waals surface area contributed by atoms with Gasteiger partial charge in [0.25, 0.3) is 0 Å². The fourth-order valence-electron chi connectivity index (χ4n) is 1.75. The van der Waals surface area contributed by atoms with E-state index in [1.165, 1.54) is 0 Å². The Morgan fingerprint density at radius 2 is 1.90 bits per heavy atom. The molecular formula is C15H22N2O3S. The number of sulfonamides is 1. The summed E-state index contributed by atoms with van der Waals surface area (Å²) in [6.07, 6.45) is 2.56. The van der Waals surface area contributed by atoms with Crippen molar-refractivity contribution >= 4 is 15.9 Å². The predicted octanol–water partition coefficient (Wildman–Crippen LogP) is 1.61. The number of carbonyl (C=O) groups is 1. The van der Waals surface area contributed by atoms with Crippen molar-refractivity contribution in [3.63, 3.8) is 0 Å². The molecule has 1 aromatic rings. The molecule has 116 valence electrons. The van der Waals surface area contributed by atoms with E-state index >= 15 is 0 Å². The first-order valence-corrected chi connectivity index (χ1v) is 8.32. The fourth-order valence-corrected chi connectivity index (χ4v) is 3.00. The summed E-state index contributed by atoms with van der Waals surface area (Å²) < 4.78 is 26.4. The van der Waals surface area contributed by atoms with Crippen molar-refractivity contribution in [1.29, 1.82) is 0 Å². The Balaban J connectivity index is 2.62. The fraction of sp³-hybridized carbons (Fsp3) is 0.400. The number of hydrogen-bond donors (Lipinski definition) is 2. The summed E-state index contributed by atoms with van der Waals surface area (Å²) in [7, 11) is -3.46. The second-order valence-corrected chi connectivity index (χ2v) is 6.73. The van der Waals surface area contributed by atoms with Gasteiger partial charge < -0.3 is 5.32 Å². The monoisotopic (exact) mass is 310 g/mol. The van der Waals surface area contributed by atoms with Crippen molar-refractivity contribution in [2.75, 3.05) is 6.54 Å². The maximum atomic E-state index is 12.0. The Hall–Kier alpha value is -1.66. The number of nitrogens with one attached hydrogen (secondary N) is 2. The van der Waals surface area contributed by atoms with Crippen molar-refractivity contribution in [1.82, 2.24) is 10.0 Å². The highest BCUT2D eigenvalue weighted by molar-refractivity contribution is 7.89. The summed E-state index contributed by atoms with van der Waals surface area (Å²) >= 11 is 0. The molecule has 21 heavy (non-hydrogen) atoms. The van der Waals surface area contributed by atoms with Crippen LogP contribution in [0.1, 0.15) is 25.8 Å². The Morgan fingerprint density at radius 1 is 1.29 bits per heavy atom. The van der Waals surface area contributed by atoms with Crippen LogP contribution in [0.4, 0.5) is 0 Å². The van der Waals surface area contributed by atoms with Crippen LogP contribution >= 0.6 is 0 Å². The Morgan fingerprint density at radius 3 is 2.43 bits per heavy atom. The lowest BCUT2D eigenvalue weighted by molar-refractivity contribution is -0.120. The molecular weight excluding hydrogens is 288 g/mol. The van der Waals surface area contributed by atoms with Gasteiger partial charge in [0.1, 0.15) is 0 Å². The standard InChI is InChI=1S/C15H22N2O3S/c1-4-11-16-15(18)10-7-13-5-8-14(9-6-13)21(19,20)17-12(2)3/h4-6,8-9,12,17H,1,7,10-11H2,2-3H3,(H,16,18). The molecule has 0 atom stereocenters. The van der Waals surface area contributed by atoms with Crippen molar-refractivity contribution in [2.45, 2.75) is 37.6 Å². The lowest BCUT2D eigenvalue weighted by atomic mass is 10.1. The zero-order valence-electron chi connectivity index (χ0n) is 12.4. The topological polar surface area (TPSA) is 75.3 Å². The quantitative estimate of drug-likeness (QED) is 0.716. The molecule has 0 aromatic heterocycles. The molecule has 5 nitrogen and oxygen atoms in total. The zero-order valence-corrected chi connectivity index (χ0v) is 13.2. The highest BCUT2D eigenvalue weighted by atomic mass is 32.2. The molecule has 0 spiro atoms. The van der Waals surface area contributed by atoms with E-state index in [4.69, 9.17) is 0 Å². The molecule has 1 rings (SSSR count). The number of rotatable bonds is 8. The van der Waals surface area contributed by atoms with Crippen LogP contribution in [0.3, 0.4) is 0 Å². The zero-order chi connectivity index (χ0) is 15.9. The van der Waals surface area contributed by atoms with Gasteiger partial charge in [0.15, 0.2) is 0 Å². The lowest BCUT2D eigenvalue weighted by Crippen LogP contribution is -2.30. The maximum absolute atomic E-state index is 12.0. The van der Waals surface area contributed by atoms with E-state index in [0.29, 0.717) is 19.4 Å². The van der Waals surface area contributed by atoms with E-state index in [0.717, 1.165) is 5.56 Å². The summed E-state index contributed by atoms with van der Waals surface area (Å²) in [6, 6.07) is 6.43. The average Bonchev–Trinajstić information content (AvgIpc) is 2.42. The molecule has 0 aliphatic heterocycles. The molecule has 1 amide bonds. The first kappa shape index (κ1) is 17.4. The Labute approximate surface area is 126 Å². The van der Waals surface area contributed by atoms with Crippen molar-refractivity contribution in [3.8, 4) is 0 Å². The first-order valence-electron chi connectivity index (χ1n) is 6.84. The van der Waals surface area contributed by atoms with Gasteiger partial charge in [-0.25, -0.2) is 13.1 Å². The lowest BCUT2D eigenvalue weighted by Gasteiger charge is -2.10. The number of carbonyl (C=O) groups excluding carboxylic acids is 1. The highest BCUT2D eigenvalue weighted by Gasteiger charge is 2.14. The third-order valence-electron chi connectivity index (χ3n) is 2.71. The molecule has 1 aromatic carbocycles. The maximum Gasteiger partial charge on any atom is 0.240 e. The van der Waals surface area contributed by atoms with Gasteiger partial charge in [0.2, 0.25) is 15.9 Å². The van der Waals surface area contributed by atoms with Gasteiger partial charge in [0, 0.05) is 19.0 Å². The van der Waals surface area contributed by atoms with Crippen molar-refractivity contribution < 1.29 is 13.2 Å². The van der Waals surface area contributed by atoms with Gasteiger partial charge >= 0.3 is 0 Å². The molecule has 0 radical (unpaired) electrons. The van der Waals surface area contributed by atoms with E-state index < -0.39 is 10.0 Å². The van der Waals surface area contributed by atoms with E-state index in [1.54, 1.807) is 44.2 Å². The number of amides is 1. The van der Waals surface area contributed by atoms with Crippen LogP contribution in [-0.4, -0.2) is 26.9 Å². The van der Waals surface area contributed by atoms with Gasteiger partial charge in [-0.2, -0.15) is 0 Å².